The number of halogens is 1. The van der Waals surface area contributed by atoms with Crippen LogP contribution in [0.2, 0.25) is 0 Å². The lowest BCUT2D eigenvalue weighted by Crippen LogP contribution is -2.20. The van der Waals surface area contributed by atoms with Crippen LogP contribution in [0.3, 0.4) is 0 Å². The molecule has 1 atom stereocenters. The molecule has 9 heteroatoms. The standard InChI is InChI=1S/C22H20BrN3O5/c23-13-6-11-2-3-12(19-18(11)16(8-13)26-20(19)22(30)31)7-17(27)25-15-4-1-10(9-24)5-14(15)21(28)29/h1,4-6,8,12,26H,2-3,7,9,24H2,(H,25,27)(H,28,29)(H,30,31). The van der Waals surface area contributed by atoms with Crippen LogP contribution in [-0.2, 0) is 17.8 Å². The van der Waals surface area contributed by atoms with Crippen LogP contribution in [0.1, 0.15) is 56.3 Å². The normalized spacial score (nSPS) is 15.1. The van der Waals surface area contributed by atoms with E-state index in [1.807, 2.05) is 12.1 Å². The Labute approximate surface area is 185 Å². The first-order chi connectivity index (χ1) is 14.8. The van der Waals surface area contributed by atoms with Crippen LogP contribution in [0.4, 0.5) is 5.69 Å². The minimum Gasteiger partial charge on any atom is -0.478 e. The molecule has 0 radical (unpaired) electrons. The number of H-pyrrole nitrogens is 1. The molecule has 160 valence electrons. The molecule has 31 heavy (non-hydrogen) atoms. The second-order valence-electron chi connectivity index (χ2n) is 7.58. The number of carbonyl (C=O) groups excluding carboxylic acids is 1. The first kappa shape index (κ1) is 21.1. The molecule has 2 aromatic carbocycles. The van der Waals surface area contributed by atoms with Crippen molar-refractivity contribution in [3.05, 3.63) is 62.8 Å². The Hall–Kier alpha value is -3.17. The van der Waals surface area contributed by atoms with Gasteiger partial charge in [-0.2, -0.15) is 0 Å². The zero-order valence-corrected chi connectivity index (χ0v) is 18.0. The fraction of sp³-hybridized carbons (Fsp3) is 0.227. The molecule has 1 aliphatic carbocycles. The smallest absolute Gasteiger partial charge is 0.352 e. The first-order valence-electron chi connectivity index (χ1n) is 9.72. The summed E-state index contributed by atoms with van der Waals surface area (Å²) in [5.74, 6) is -2.92. The summed E-state index contributed by atoms with van der Waals surface area (Å²) in [5, 5.41) is 22.7. The number of rotatable bonds is 6. The fourth-order valence-electron chi connectivity index (χ4n) is 4.29. The zero-order chi connectivity index (χ0) is 22.3. The molecular weight excluding hydrogens is 466 g/mol. The Bertz CT molecular complexity index is 1230. The molecule has 1 heterocycles. The third-order valence-electron chi connectivity index (χ3n) is 5.62. The maximum Gasteiger partial charge on any atom is 0.352 e. The van der Waals surface area contributed by atoms with Crippen LogP contribution < -0.4 is 11.1 Å². The number of carbonyl (C=O) groups is 3. The van der Waals surface area contributed by atoms with E-state index in [0.717, 1.165) is 15.4 Å². The Morgan fingerprint density at radius 2 is 1.94 bits per heavy atom. The topological polar surface area (TPSA) is 146 Å². The Morgan fingerprint density at radius 3 is 2.61 bits per heavy atom. The number of aromatic carboxylic acids is 2. The fourth-order valence-corrected chi connectivity index (χ4v) is 4.79. The third-order valence-corrected chi connectivity index (χ3v) is 6.08. The Kier molecular flexibility index (Phi) is 5.55. The van der Waals surface area contributed by atoms with Gasteiger partial charge < -0.3 is 26.2 Å². The number of hydrogen-bond donors (Lipinski definition) is 5. The highest BCUT2D eigenvalue weighted by molar-refractivity contribution is 9.10. The summed E-state index contributed by atoms with van der Waals surface area (Å²) in [6.45, 7) is 0.188. The lowest BCUT2D eigenvalue weighted by molar-refractivity contribution is -0.116. The van der Waals surface area contributed by atoms with Crippen LogP contribution in [0, 0.1) is 0 Å². The van der Waals surface area contributed by atoms with Gasteiger partial charge in [0.15, 0.2) is 0 Å². The van der Waals surface area contributed by atoms with Gasteiger partial charge in [0, 0.05) is 28.3 Å². The first-order valence-corrected chi connectivity index (χ1v) is 10.5. The molecule has 1 unspecified atom stereocenters. The highest BCUT2D eigenvalue weighted by atomic mass is 79.9. The largest absolute Gasteiger partial charge is 0.478 e. The quantitative estimate of drug-likeness (QED) is 0.358. The summed E-state index contributed by atoms with van der Waals surface area (Å²) < 4.78 is 0.859. The molecule has 8 nitrogen and oxygen atoms in total. The number of aryl methyl sites for hydroxylation is 1. The Morgan fingerprint density at radius 1 is 1.16 bits per heavy atom. The number of carboxylic acids is 2. The lowest BCUT2D eigenvalue weighted by Gasteiger charge is -2.23. The van der Waals surface area contributed by atoms with Gasteiger partial charge in [0.1, 0.15) is 5.69 Å². The van der Waals surface area contributed by atoms with Gasteiger partial charge in [-0.3, -0.25) is 4.79 Å². The van der Waals surface area contributed by atoms with Crippen molar-refractivity contribution in [1.82, 2.24) is 4.98 Å². The number of amides is 1. The van der Waals surface area contributed by atoms with Gasteiger partial charge in [0.05, 0.1) is 11.3 Å². The molecule has 0 spiro atoms. The minimum atomic E-state index is -1.16. The second-order valence-corrected chi connectivity index (χ2v) is 8.50. The summed E-state index contributed by atoms with van der Waals surface area (Å²) in [4.78, 5) is 39.2. The number of aromatic amines is 1. The number of carboxylic acid groups (broad SMARTS) is 2. The van der Waals surface area contributed by atoms with E-state index in [-0.39, 0.29) is 41.7 Å². The molecule has 0 saturated carbocycles. The van der Waals surface area contributed by atoms with Crippen molar-refractivity contribution in [3.8, 4) is 0 Å². The van der Waals surface area contributed by atoms with Crippen molar-refractivity contribution in [2.75, 3.05) is 5.32 Å². The average Bonchev–Trinajstić information content (AvgIpc) is 3.11. The molecule has 3 aromatic rings. The van der Waals surface area contributed by atoms with Crippen LogP contribution in [0.5, 0.6) is 0 Å². The van der Waals surface area contributed by atoms with E-state index in [2.05, 4.69) is 26.2 Å². The highest BCUT2D eigenvalue weighted by Crippen LogP contribution is 2.42. The van der Waals surface area contributed by atoms with E-state index in [1.165, 1.54) is 12.1 Å². The van der Waals surface area contributed by atoms with E-state index in [0.29, 0.717) is 29.5 Å². The van der Waals surface area contributed by atoms with Crippen molar-refractivity contribution in [2.45, 2.75) is 31.7 Å². The molecule has 0 fully saturated rings. The van der Waals surface area contributed by atoms with Crippen LogP contribution >= 0.6 is 15.9 Å². The summed E-state index contributed by atoms with van der Waals surface area (Å²) in [5.41, 5.74) is 8.83. The van der Waals surface area contributed by atoms with Crippen molar-refractivity contribution in [3.63, 3.8) is 0 Å². The van der Waals surface area contributed by atoms with Gasteiger partial charge in [0.2, 0.25) is 5.91 Å². The van der Waals surface area contributed by atoms with Crippen LogP contribution in [0.15, 0.2) is 34.8 Å². The second kappa shape index (κ2) is 8.16. The summed E-state index contributed by atoms with van der Waals surface area (Å²) in [7, 11) is 0. The van der Waals surface area contributed by atoms with E-state index in [9.17, 15) is 24.6 Å². The van der Waals surface area contributed by atoms with Gasteiger partial charge in [-0.1, -0.05) is 22.0 Å². The minimum absolute atomic E-state index is 0.0367. The number of benzene rings is 2. The zero-order valence-electron chi connectivity index (χ0n) is 16.4. The van der Waals surface area contributed by atoms with Gasteiger partial charge >= 0.3 is 11.9 Å². The molecule has 0 saturated heterocycles. The average molecular weight is 486 g/mol. The summed E-state index contributed by atoms with van der Waals surface area (Å²) >= 11 is 3.45. The molecule has 0 bridgehead atoms. The number of anilines is 1. The molecule has 6 N–H and O–H groups in total. The third kappa shape index (κ3) is 3.94. The van der Waals surface area contributed by atoms with Gasteiger partial charge in [-0.15, -0.1) is 0 Å². The molecular formula is C22H20BrN3O5. The SMILES string of the molecule is NCc1ccc(NC(=O)CC2CCc3cc(Br)cc4[nH]c(C(=O)O)c2c34)c(C(=O)O)c1. The van der Waals surface area contributed by atoms with Gasteiger partial charge in [0.25, 0.3) is 0 Å². The van der Waals surface area contributed by atoms with E-state index >= 15 is 0 Å². The monoisotopic (exact) mass is 485 g/mol. The predicted octanol–water partition coefficient (Wildman–Crippen LogP) is 3.84. The van der Waals surface area contributed by atoms with Gasteiger partial charge in [-0.25, -0.2) is 9.59 Å². The maximum atomic E-state index is 12.8. The Balaban J connectivity index is 1.65. The molecule has 1 amide bonds. The lowest BCUT2D eigenvalue weighted by atomic mass is 9.81. The molecule has 1 aliphatic rings. The van der Waals surface area contributed by atoms with E-state index in [4.69, 9.17) is 5.73 Å². The number of nitrogens with two attached hydrogens (primary N) is 1. The van der Waals surface area contributed by atoms with E-state index < -0.39 is 11.9 Å². The number of hydrogen-bond acceptors (Lipinski definition) is 4. The highest BCUT2D eigenvalue weighted by Gasteiger charge is 2.31. The summed E-state index contributed by atoms with van der Waals surface area (Å²) in [6.07, 6.45) is 1.37. The van der Waals surface area contributed by atoms with Crippen LogP contribution in [-0.4, -0.2) is 33.0 Å². The van der Waals surface area contributed by atoms with Crippen LogP contribution in [0.25, 0.3) is 10.9 Å². The predicted molar refractivity (Wildman–Crippen MR) is 119 cm³/mol. The maximum absolute atomic E-state index is 12.8. The van der Waals surface area contributed by atoms with Gasteiger partial charge in [-0.05, 0) is 59.7 Å². The molecule has 4 rings (SSSR count). The molecule has 0 aliphatic heterocycles. The summed E-state index contributed by atoms with van der Waals surface area (Å²) in [6, 6.07) is 8.42. The molecule has 1 aromatic heterocycles. The van der Waals surface area contributed by atoms with Crippen molar-refractivity contribution in [1.29, 1.82) is 0 Å². The van der Waals surface area contributed by atoms with E-state index in [1.54, 1.807) is 6.07 Å². The van der Waals surface area contributed by atoms with Crippen molar-refractivity contribution >= 4 is 50.4 Å². The van der Waals surface area contributed by atoms with Crippen molar-refractivity contribution < 1.29 is 24.6 Å². The van der Waals surface area contributed by atoms with Crippen molar-refractivity contribution in [2.24, 2.45) is 5.73 Å². The number of nitrogens with one attached hydrogen (secondary N) is 2. The number of aromatic nitrogens is 1.